The van der Waals surface area contributed by atoms with Crippen molar-refractivity contribution >= 4 is 0 Å². The van der Waals surface area contributed by atoms with Crippen LogP contribution in [0.15, 0.2) is 6.33 Å². The number of aromatic nitrogens is 3. The van der Waals surface area contributed by atoms with E-state index in [1.165, 1.54) is 19.3 Å². The Labute approximate surface area is 118 Å². The Morgan fingerprint density at radius 1 is 1.26 bits per heavy atom. The zero-order valence-electron chi connectivity index (χ0n) is 13.0. The third kappa shape index (κ3) is 6.19. The van der Waals surface area contributed by atoms with Gasteiger partial charge in [0.15, 0.2) is 0 Å². The molecule has 110 valence electrons. The molecule has 1 aromatic rings. The Hall–Kier alpha value is -0.900. The van der Waals surface area contributed by atoms with Crippen LogP contribution in [0.4, 0.5) is 0 Å². The summed E-state index contributed by atoms with van der Waals surface area (Å²) in [7, 11) is 0. The zero-order valence-corrected chi connectivity index (χ0v) is 13.0. The van der Waals surface area contributed by atoms with Gasteiger partial charge in [0.25, 0.3) is 0 Å². The van der Waals surface area contributed by atoms with Crippen molar-refractivity contribution in [2.45, 2.75) is 59.9 Å². The molecule has 1 aromatic heterocycles. The van der Waals surface area contributed by atoms with Gasteiger partial charge in [-0.1, -0.05) is 34.1 Å². The fraction of sp³-hybridized carbons (Fsp3) is 0.867. The second kappa shape index (κ2) is 9.08. The van der Waals surface area contributed by atoms with Crippen LogP contribution in [0.25, 0.3) is 0 Å². The molecular formula is C15H30N4. The summed E-state index contributed by atoms with van der Waals surface area (Å²) in [6.45, 7) is 12.1. The van der Waals surface area contributed by atoms with E-state index in [9.17, 15) is 0 Å². The summed E-state index contributed by atoms with van der Waals surface area (Å²) < 4.78 is 2.08. The highest BCUT2D eigenvalue weighted by molar-refractivity contribution is 4.88. The lowest BCUT2D eigenvalue weighted by Crippen LogP contribution is -2.26. The van der Waals surface area contributed by atoms with Crippen molar-refractivity contribution < 1.29 is 0 Å². The molecule has 0 fully saturated rings. The van der Waals surface area contributed by atoms with Crippen molar-refractivity contribution in [3.8, 4) is 0 Å². The average molecular weight is 266 g/mol. The summed E-state index contributed by atoms with van der Waals surface area (Å²) in [5.41, 5.74) is 0. The van der Waals surface area contributed by atoms with Crippen molar-refractivity contribution in [3.63, 3.8) is 0 Å². The fourth-order valence-electron chi connectivity index (χ4n) is 2.37. The summed E-state index contributed by atoms with van der Waals surface area (Å²) in [5.74, 6) is 2.43. The molecule has 0 spiro atoms. The van der Waals surface area contributed by atoms with Gasteiger partial charge in [0.05, 0.1) is 0 Å². The molecule has 1 N–H and O–H groups in total. The van der Waals surface area contributed by atoms with E-state index in [1.54, 1.807) is 6.33 Å². The van der Waals surface area contributed by atoms with Gasteiger partial charge in [-0.05, 0) is 37.8 Å². The van der Waals surface area contributed by atoms with Gasteiger partial charge in [0.2, 0.25) is 0 Å². The Balaban J connectivity index is 2.54. The maximum absolute atomic E-state index is 4.44. The highest BCUT2D eigenvalue weighted by atomic mass is 15.3. The van der Waals surface area contributed by atoms with Crippen LogP contribution in [0.2, 0.25) is 0 Å². The van der Waals surface area contributed by atoms with E-state index < -0.39 is 0 Å². The van der Waals surface area contributed by atoms with Crippen LogP contribution in [0, 0.1) is 11.8 Å². The molecule has 1 heterocycles. The molecule has 1 unspecified atom stereocenters. The molecule has 0 saturated heterocycles. The van der Waals surface area contributed by atoms with Gasteiger partial charge >= 0.3 is 0 Å². The first-order valence-corrected chi connectivity index (χ1v) is 7.74. The van der Waals surface area contributed by atoms with Crippen LogP contribution in [0.5, 0.6) is 0 Å². The fourth-order valence-corrected chi connectivity index (χ4v) is 2.37. The highest BCUT2D eigenvalue weighted by Gasteiger charge is 2.13. The minimum Gasteiger partial charge on any atom is -0.316 e. The van der Waals surface area contributed by atoms with Gasteiger partial charge in [-0.3, -0.25) is 0 Å². The standard InChI is InChI=1S/C15H30N4/c1-5-7-14(10-16-8-6-2)9-15-17-12-18-19(15)11-13(3)4/h12-14,16H,5-11H2,1-4H3. The Kier molecular flexibility index (Phi) is 7.72. The van der Waals surface area contributed by atoms with Gasteiger partial charge < -0.3 is 5.32 Å². The van der Waals surface area contributed by atoms with Crippen molar-refractivity contribution in [2.24, 2.45) is 11.8 Å². The summed E-state index contributed by atoms with van der Waals surface area (Å²) in [4.78, 5) is 4.44. The molecule has 4 nitrogen and oxygen atoms in total. The van der Waals surface area contributed by atoms with Crippen molar-refractivity contribution in [2.75, 3.05) is 13.1 Å². The zero-order chi connectivity index (χ0) is 14.1. The number of hydrogen-bond acceptors (Lipinski definition) is 3. The predicted molar refractivity (Wildman–Crippen MR) is 80.1 cm³/mol. The van der Waals surface area contributed by atoms with E-state index in [4.69, 9.17) is 0 Å². The van der Waals surface area contributed by atoms with Crippen molar-refractivity contribution in [3.05, 3.63) is 12.2 Å². The van der Waals surface area contributed by atoms with Crippen molar-refractivity contribution in [1.82, 2.24) is 20.1 Å². The van der Waals surface area contributed by atoms with Crippen LogP contribution in [0.1, 0.15) is 52.8 Å². The quantitative estimate of drug-likeness (QED) is 0.662. The maximum Gasteiger partial charge on any atom is 0.138 e. The van der Waals surface area contributed by atoms with Gasteiger partial charge in [0.1, 0.15) is 12.2 Å². The lowest BCUT2D eigenvalue weighted by atomic mass is 9.99. The first-order chi connectivity index (χ1) is 9.17. The van der Waals surface area contributed by atoms with Crippen LogP contribution >= 0.6 is 0 Å². The molecule has 0 aromatic carbocycles. The second-order valence-electron chi connectivity index (χ2n) is 5.82. The topological polar surface area (TPSA) is 42.7 Å². The number of hydrogen-bond donors (Lipinski definition) is 1. The highest BCUT2D eigenvalue weighted by Crippen LogP contribution is 2.13. The number of rotatable bonds is 10. The minimum absolute atomic E-state index is 0.614. The summed E-state index contributed by atoms with van der Waals surface area (Å²) >= 11 is 0. The van der Waals surface area contributed by atoms with Crippen LogP contribution in [-0.4, -0.2) is 27.9 Å². The molecule has 0 radical (unpaired) electrons. The lowest BCUT2D eigenvalue weighted by Gasteiger charge is -2.17. The van der Waals surface area contributed by atoms with E-state index in [0.717, 1.165) is 31.9 Å². The second-order valence-corrected chi connectivity index (χ2v) is 5.82. The van der Waals surface area contributed by atoms with Crippen LogP contribution in [-0.2, 0) is 13.0 Å². The maximum atomic E-state index is 4.44. The molecule has 1 rings (SSSR count). The van der Waals surface area contributed by atoms with Crippen LogP contribution in [0.3, 0.4) is 0 Å². The molecule has 0 bridgehead atoms. The molecule has 0 aliphatic carbocycles. The Bertz CT molecular complexity index is 333. The monoisotopic (exact) mass is 266 g/mol. The lowest BCUT2D eigenvalue weighted by molar-refractivity contribution is 0.404. The molecule has 4 heteroatoms. The summed E-state index contributed by atoms with van der Waals surface area (Å²) in [6.07, 6.45) is 6.42. The minimum atomic E-state index is 0.614. The third-order valence-corrected chi connectivity index (χ3v) is 3.26. The van der Waals surface area contributed by atoms with E-state index in [-0.39, 0.29) is 0 Å². The summed E-state index contributed by atoms with van der Waals surface area (Å²) in [6, 6.07) is 0. The molecule has 0 saturated carbocycles. The molecule has 0 aliphatic rings. The molecule has 19 heavy (non-hydrogen) atoms. The summed E-state index contributed by atoms with van der Waals surface area (Å²) in [5, 5.41) is 7.89. The molecule has 1 atom stereocenters. The number of nitrogens with one attached hydrogen (secondary N) is 1. The molecular weight excluding hydrogens is 236 g/mol. The van der Waals surface area contributed by atoms with E-state index in [1.807, 2.05) is 0 Å². The first-order valence-electron chi connectivity index (χ1n) is 7.74. The van der Waals surface area contributed by atoms with E-state index in [2.05, 4.69) is 47.8 Å². The van der Waals surface area contributed by atoms with Gasteiger partial charge in [-0.15, -0.1) is 0 Å². The van der Waals surface area contributed by atoms with Gasteiger partial charge in [-0.25, -0.2) is 9.67 Å². The molecule has 0 amide bonds. The Morgan fingerprint density at radius 3 is 2.68 bits per heavy atom. The molecule has 0 aliphatic heterocycles. The number of nitrogens with zero attached hydrogens (tertiary/aromatic N) is 3. The van der Waals surface area contributed by atoms with Gasteiger partial charge in [-0.2, -0.15) is 5.10 Å². The Morgan fingerprint density at radius 2 is 2.05 bits per heavy atom. The van der Waals surface area contributed by atoms with Gasteiger partial charge in [0, 0.05) is 13.0 Å². The smallest absolute Gasteiger partial charge is 0.138 e. The van der Waals surface area contributed by atoms with E-state index in [0.29, 0.717) is 11.8 Å². The average Bonchev–Trinajstić information content (AvgIpc) is 2.76. The van der Waals surface area contributed by atoms with E-state index >= 15 is 0 Å². The van der Waals surface area contributed by atoms with Crippen LogP contribution < -0.4 is 5.32 Å². The van der Waals surface area contributed by atoms with Crippen molar-refractivity contribution in [1.29, 1.82) is 0 Å². The first kappa shape index (κ1) is 16.2. The normalized spacial score (nSPS) is 13.1. The largest absolute Gasteiger partial charge is 0.316 e. The SMILES string of the molecule is CCCNCC(CCC)Cc1ncnn1CC(C)C. The predicted octanol–water partition coefficient (Wildman–Crippen LogP) is 2.89. The third-order valence-electron chi connectivity index (χ3n) is 3.26.